The van der Waals surface area contributed by atoms with E-state index in [2.05, 4.69) is 27.0 Å². The molecule has 1 fully saturated rings. The molecule has 7 heteroatoms. The summed E-state index contributed by atoms with van der Waals surface area (Å²) < 4.78 is 5.56. The van der Waals surface area contributed by atoms with Gasteiger partial charge in [0.1, 0.15) is 12.4 Å². The highest BCUT2D eigenvalue weighted by Gasteiger charge is 2.25. The lowest BCUT2D eigenvalue weighted by molar-refractivity contribution is -0.385. The number of anilines is 1. The molecule has 0 aliphatic carbocycles. The molecule has 0 amide bonds. The molecule has 0 radical (unpaired) electrons. The molecular formula is C15H16N4O3. The van der Waals surface area contributed by atoms with Gasteiger partial charge in [0, 0.05) is 6.54 Å². The van der Waals surface area contributed by atoms with Crippen molar-refractivity contribution in [2.45, 2.75) is 12.5 Å². The van der Waals surface area contributed by atoms with Crippen LogP contribution in [-0.4, -0.2) is 40.7 Å². The zero-order chi connectivity index (χ0) is 15.4. The normalized spacial score (nSPS) is 18.2. The number of hydrogen-bond acceptors (Lipinski definition) is 6. The van der Waals surface area contributed by atoms with Crippen LogP contribution in [0.4, 0.5) is 11.6 Å². The smallest absolute Gasteiger partial charge is 0.305 e. The van der Waals surface area contributed by atoms with E-state index >= 15 is 0 Å². The van der Waals surface area contributed by atoms with Crippen molar-refractivity contribution in [3.63, 3.8) is 0 Å². The molecule has 0 bridgehead atoms. The minimum absolute atomic E-state index is 0.100. The summed E-state index contributed by atoms with van der Waals surface area (Å²) in [7, 11) is 0. The molecule has 1 atom stereocenters. The summed E-state index contributed by atoms with van der Waals surface area (Å²) in [5, 5.41) is 10.7. The number of nitrogens with zero attached hydrogens (tertiary/aromatic N) is 4. The first-order valence-corrected chi connectivity index (χ1v) is 7.09. The molecule has 2 aromatic rings. The summed E-state index contributed by atoms with van der Waals surface area (Å²) >= 11 is 0. The highest BCUT2D eigenvalue weighted by molar-refractivity contribution is 5.36. The maximum atomic E-state index is 10.7. The molecule has 1 aromatic carbocycles. The van der Waals surface area contributed by atoms with Crippen LogP contribution < -0.4 is 4.90 Å². The van der Waals surface area contributed by atoms with Crippen LogP contribution in [-0.2, 0) is 11.2 Å². The van der Waals surface area contributed by atoms with Crippen LogP contribution in [0.15, 0.2) is 42.7 Å². The van der Waals surface area contributed by atoms with Crippen LogP contribution in [0.2, 0.25) is 0 Å². The standard InChI is InChI=1S/C15H16N4O3/c20-19(21)14-9-16-15(17-10-14)18-6-7-22-11-13(18)8-12-4-2-1-3-5-12/h1-5,9-10,13H,6-8,11H2. The predicted molar refractivity (Wildman–Crippen MR) is 80.8 cm³/mol. The van der Waals surface area contributed by atoms with Gasteiger partial charge in [-0.05, 0) is 12.0 Å². The van der Waals surface area contributed by atoms with E-state index in [1.54, 1.807) is 0 Å². The first kappa shape index (κ1) is 14.4. The molecule has 7 nitrogen and oxygen atoms in total. The third-order valence-electron chi connectivity index (χ3n) is 3.63. The Bertz CT molecular complexity index is 633. The number of benzene rings is 1. The minimum Gasteiger partial charge on any atom is -0.377 e. The van der Waals surface area contributed by atoms with Gasteiger partial charge in [0.15, 0.2) is 0 Å². The maximum absolute atomic E-state index is 10.7. The topological polar surface area (TPSA) is 81.4 Å². The van der Waals surface area contributed by atoms with E-state index in [4.69, 9.17) is 4.74 Å². The Morgan fingerprint density at radius 3 is 2.68 bits per heavy atom. The monoisotopic (exact) mass is 300 g/mol. The van der Waals surface area contributed by atoms with Crippen LogP contribution in [0.5, 0.6) is 0 Å². The van der Waals surface area contributed by atoms with Crippen LogP contribution in [0.25, 0.3) is 0 Å². The van der Waals surface area contributed by atoms with Crippen molar-refractivity contribution < 1.29 is 9.66 Å². The van der Waals surface area contributed by atoms with Crippen molar-refractivity contribution in [1.29, 1.82) is 0 Å². The van der Waals surface area contributed by atoms with Gasteiger partial charge >= 0.3 is 5.69 Å². The van der Waals surface area contributed by atoms with E-state index < -0.39 is 4.92 Å². The summed E-state index contributed by atoms with van der Waals surface area (Å²) in [5.41, 5.74) is 1.11. The Kier molecular flexibility index (Phi) is 4.24. The Morgan fingerprint density at radius 2 is 2.00 bits per heavy atom. The molecule has 114 valence electrons. The predicted octanol–water partition coefficient (Wildman–Crippen LogP) is 1.83. The zero-order valence-electron chi connectivity index (χ0n) is 12.0. The van der Waals surface area contributed by atoms with Gasteiger partial charge < -0.3 is 9.64 Å². The molecule has 2 heterocycles. The van der Waals surface area contributed by atoms with Crippen LogP contribution in [0, 0.1) is 10.1 Å². The third kappa shape index (κ3) is 3.20. The molecule has 3 rings (SSSR count). The fraction of sp³-hybridized carbons (Fsp3) is 0.333. The van der Waals surface area contributed by atoms with E-state index in [0.717, 1.165) is 6.42 Å². The molecule has 0 N–H and O–H groups in total. The SMILES string of the molecule is O=[N+]([O-])c1cnc(N2CCOCC2Cc2ccccc2)nc1. The van der Waals surface area contributed by atoms with Gasteiger partial charge in [0.2, 0.25) is 5.95 Å². The molecule has 0 saturated carbocycles. The van der Waals surface area contributed by atoms with Gasteiger partial charge in [-0.1, -0.05) is 30.3 Å². The van der Waals surface area contributed by atoms with Crippen molar-refractivity contribution in [2.75, 3.05) is 24.7 Å². The second-order valence-corrected chi connectivity index (χ2v) is 5.11. The molecule has 22 heavy (non-hydrogen) atoms. The maximum Gasteiger partial charge on any atom is 0.305 e. The van der Waals surface area contributed by atoms with E-state index in [1.165, 1.54) is 18.0 Å². The van der Waals surface area contributed by atoms with Crippen LogP contribution in [0.3, 0.4) is 0 Å². The van der Waals surface area contributed by atoms with Gasteiger partial charge in [-0.15, -0.1) is 0 Å². The highest BCUT2D eigenvalue weighted by Crippen LogP contribution is 2.19. The van der Waals surface area contributed by atoms with E-state index in [0.29, 0.717) is 25.7 Å². The van der Waals surface area contributed by atoms with Gasteiger partial charge in [-0.25, -0.2) is 9.97 Å². The number of ether oxygens (including phenoxy) is 1. The Balaban J connectivity index is 1.78. The van der Waals surface area contributed by atoms with Crippen LogP contribution in [0.1, 0.15) is 5.56 Å². The quantitative estimate of drug-likeness (QED) is 0.633. The molecule has 1 aliphatic rings. The second kappa shape index (κ2) is 6.48. The fourth-order valence-corrected chi connectivity index (χ4v) is 2.53. The Hall–Kier alpha value is -2.54. The lowest BCUT2D eigenvalue weighted by Crippen LogP contribution is -2.47. The molecule has 1 unspecified atom stereocenters. The van der Waals surface area contributed by atoms with E-state index in [-0.39, 0.29) is 11.7 Å². The summed E-state index contributed by atoms with van der Waals surface area (Å²) in [4.78, 5) is 20.5. The number of aromatic nitrogens is 2. The van der Waals surface area contributed by atoms with Gasteiger partial charge in [-0.3, -0.25) is 10.1 Å². The highest BCUT2D eigenvalue weighted by atomic mass is 16.6. The minimum atomic E-state index is -0.495. The summed E-state index contributed by atoms with van der Waals surface area (Å²) in [5.74, 6) is 0.509. The lowest BCUT2D eigenvalue weighted by Gasteiger charge is -2.35. The number of morpholine rings is 1. The fourth-order valence-electron chi connectivity index (χ4n) is 2.53. The van der Waals surface area contributed by atoms with Gasteiger partial charge in [0.05, 0.1) is 24.2 Å². The Morgan fingerprint density at radius 1 is 1.27 bits per heavy atom. The van der Waals surface area contributed by atoms with Gasteiger partial charge in [-0.2, -0.15) is 0 Å². The van der Waals surface area contributed by atoms with Gasteiger partial charge in [0.25, 0.3) is 0 Å². The van der Waals surface area contributed by atoms with E-state index in [1.807, 2.05) is 18.2 Å². The van der Waals surface area contributed by atoms with Crippen molar-refractivity contribution in [3.05, 3.63) is 58.4 Å². The van der Waals surface area contributed by atoms with Crippen molar-refractivity contribution in [2.24, 2.45) is 0 Å². The molecular weight excluding hydrogens is 284 g/mol. The molecule has 0 spiro atoms. The number of nitro groups is 1. The lowest BCUT2D eigenvalue weighted by atomic mass is 10.0. The second-order valence-electron chi connectivity index (χ2n) is 5.11. The van der Waals surface area contributed by atoms with Crippen LogP contribution >= 0.6 is 0 Å². The third-order valence-corrected chi connectivity index (χ3v) is 3.63. The summed E-state index contributed by atoms with van der Waals surface area (Å²) in [6, 6.07) is 10.3. The molecule has 1 saturated heterocycles. The average Bonchev–Trinajstić information content (AvgIpc) is 2.56. The first-order valence-electron chi connectivity index (χ1n) is 7.09. The van der Waals surface area contributed by atoms with Crippen molar-refractivity contribution in [3.8, 4) is 0 Å². The number of hydrogen-bond donors (Lipinski definition) is 0. The molecule has 1 aliphatic heterocycles. The van der Waals surface area contributed by atoms with E-state index in [9.17, 15) is 10.1 Å². The van der Waals surface area contributed by atoms with Crippen molar-refractivity contribution >= 4 is 11.6 Å². The number of rotatable bonds is 4. The zero-order valence-corrected chi connectivity index (χ0v) is 12.0. The summed E-state index contributed by atoms with van der Waals surface area (Å²) in [6.45, 7) is 1.87. The first-order chi connectivity index (χ1) is 10.7. The summed E-state index contributed by atoms with van der Waals surface area (Å²) in [6.07, 6.45) is 3.32. The van der Waals surface area contributed by atoms with Crippen molar-refractivity contribution in [1.82, 2.24) is 9.97 Å². The largest absolute Gasteiger partial charge is 0.377 e. The average molecular weight is 300 g/mol. The molecule has 1 aromatic heterocycles. The Labute approximate surface area is 127 Å².